The van der Waals surface area contributed by atoms with Gasteiger partial charge in [-0.3, -0.25) is 9.69 Å². The quantitative estimate of drug-likeness (QED) is 0.864. The lowest BCUT2D eigenvalue weighted by Gasteiger charge is -2.33. The maximum Gasteiger partial charge on any atom is 0.222 e. The number of nitrogens with one attached hydrogen (secondary N) is 1. The summed E-state index contributed by atoms with van der Waals surface area (Å²) in [6, 6.07) is 3.92. The van der Waals surface area contributed by atoms with Gasteiger partial charge in [-0.25, -0.2) is 0 Å². The predicted molar refractivity (Wildman–Crippen MR) is 85.1 cm³/mol. The number of furan rings is 1. The van der Waals surface area contributed by atoms with Crippen molar-refractivity contribution in [3.63, 3.8) is 0 Å². The maximum atomic E-state index is 12.2. The average Bonchev–Trinajstić information content (AvgIpc) is 3.11. The zero-order valence-electron chi connectivity index (χ0n) is 13.5. The zero-order valence-corrected chi connectivity index (χ0v) is 13.5. The average molecular weight is 322 g/mol. The van der Waals surface area contributed by atoms with Gasteiger partial charge in [-0.05, 0) is 31.4 Å². The standard InChI is InChI=1S/C17H26N2O4/c20-17(12-14-4-1-2-8-22-14)18-13-15(16-5-3-9-23-16)19-6-10-21-11-7-19/h3,5,9,14-15H,1-2,4,6-8,10-13H2,(H,18,20). The predicted octanol–water partition coefficient (Wildman–Crippen LogP) is 1.73. The number of carbonyl (C=O) groups is 1. The smallest absolute Gasteiger partial charge is 0.222 e. The van der Waals surface area contributed by atoms with Crippen LogP contribution >= 0.6 is 0 Å². The number of hydrogen-bond acceptors (Lipinski definition) is 5. The van der Waals surface area contributed by atoms with Gasteiger partial charge in [0.1, 0.15) is 5.76 Å². The van der Waals surface area contributed by atoms with E-state index in [9.17, 15) is 4.79 Å². The van der Waals surface area contributed by atoms with Gasteiger partial charge in [-0.2, -0.15) is 0 Å². The fourth-order valence-corrected chi connectivity index (χ4v) is 3.24. The number of ether oxygens (including phenoxy) is 2. The highest BCUT2D eigenvalue weighted by atomic mass is 16.5. The first-order valence-corrected chi connectivity index (χ1v) is 8.56. The monoisotopic (exact) mass is 322 g/mol. The molecular formula is C17H26N2O4. The molecule has 2 aliphatic heterocycles. The molecular weight excluding hydrogens is 296 g/mol. The Kier molecular flexibility index (Phi) is 6.07. The lowest BCUT2D eigenvalue weighted by atomic mass is 10.1. The minimum atomic E-state index is 0.0571. The van der Waals surface area contributed by atoms with Crippen LogP contribution in [0.15, 0.2) is 22.8 Å². The first kappa shape index (κ1) is 16.5. The molecule has 6 nitrogen and oxygen atoms in total. The van der Waals surface area contributed by atoms with Gasteiger partial charge in [0.15, 0.2) is 0 Å². The third-order valence-corrected chi connectivity index (χ3v) is 4.54. The number of rotatable bonds is 6. The molecule has 0 saturated carbocycles. The van der Waals surface area contributed by atoms with E-state index in [0.29, 0.717) is 13.0 Å². The van der Waals surface area contributed by atoms with Gasteiger partial charge >= 0.3 is 0 Å². The first-order valence-electron chi connectivity index (χ1n) is 8.56. The third-order valence-electron chi connectivity index (χ3n) is 4.54. The molecule has 2 saturated heterocycles. The first-order chi connectivity index (χ1) is 11.3. The normalized spacial score (nSPS) is 24.3. The molecule has 2 atom stereocenters. The molecule has 1 aromatic rings. The fraction of sp³-hybridized carbons (Fsp3) is 0.706. The van der Waals surface area contributed by atoms with Gasteiger partial charge in [-0.15, -0.1) is 0 Å². The van der Waals surface area contributed by atoms with Crippen LogP contribution in [0.25, 0.3) is 0 Å². The molecule has 0 spiro atoms. The van der Waals surface area contributed by atoms with Crippen molar-refractivity contribution >= 4 is 5.91 Å². The van der Waals surface area contributed by atoms with E-state index in [4.69, 9.17) is 13.9 Å². The molecule has 1 N–H and O–H groups in total. The van der Waals surface area contributed by atoms with E-state index in [-0.39, 0.29) is 18.1 Å². The number of hydrogen-bond donors (Lipinski definition) is 1. The Morgan fingerprint density at radius 2 is 2.17 bits per heavy atom. The van der Waals surface area contributed by atoms with Gasteiger partial charge in [0.2, 0.25) is 5.91 Å². The molecule has 0 aromatic carbocycles. The van der Waals surface area contributed by atoms with Gasteiger partial charge in [0.05, 0.1) is 38.0 Å². The molecule has 2 fully saturated rings. The van der Waals surface area contributed by atoms with Crippen LogP contribution in [0.2, 0.25) is 0 Å². The largest absolute Gasteiger partial charge is 0.468 e. The highest BCUT2D eigenvalue weighted by molar-refractivity contribution is 5.76. The van der Waals surface area contributed by atoms with Crippen LogP contribution in [0.4, 0.5) is 0 Å². The molecule has 0 bridgehead atoms. The van der Waals surface area contributed by atoms with Crippen molar-refractivity contribution in [3.05, 3.63) is 24.2 Å². The molecule has 3 rings (SSSR count). The molecule has 0 radical (unpaired) electrons. The summed E-state index contributed by atoms with van der Waals surface area (Å²) in [5.74, 6) is 0.947. The Morgan fingerprint density at radius 1 is 1.30 bits per heavy atom. The Hall–Kier alpha value is -1.37. The van der Waals surface area contributed by atoms with Crippen LogP contribution in [-0.4, -0.2) is 56.4 Å². The van der Waals surface area contributed by atoms with E-state index >= 15 is 0 Å². The highest BCUT2D eigenvalue weighted by Crippen LogP contribution is 2.22. The van der Waals surface area contributed by atoms with Crippen molar-refractivity contribution in [2.75, 3.05) is 39.5 Å². The van der Waals surface area contributed by atoms with Gasteiger partial charge in [0.25, 0.3) is 0 Å². The van der Waals surface area contributed by atoms with Gasteiger partial charge in [-0.1, -0.05) is 0 Å². The summed E-state index contributed by atoms with van der Waals surface area (Å²) in [4.78, 5) is 14.5. The lowest BCUT2D eigenvalue weighted by Crippen LogP contribution is -2.44. The highest BCUT2D eigenvalue weighted by Gasteiger charge is 2.26. The van der Waals surface area contributed by atoms with Crippen molar-refractivity contribution in [2.45, 2.75) is 37.8 Å². The van der Waals surface area contributed by atoms with E-state index in [1.165, 1.54) is 0 Å². The van der Waals surface area contributed by atoms with Crippen molar-refractivity contribution in [3.8, 4) is 0 Å². The second kappa shape index (κ2) is 8.47. The van der Waals surface area contributed by atoms with Crippen LogP contribution in [0.3, 0.4) is 0 Å². The fourth-order valence-electron chi connectivity index (χ4n) is 3.24. The van der Waals surface area contributed by atoms with E-state index in [0.717, 1.165) is 57.9 Å². The SMILES string of the molecule is O=C(CC1CCCCO1)NCC(c1ccco1)N1CCOCC1. The summed E-state index contributed by atoms with van der Waals surface area (Å²) < 4.78 is 16.6. The Morgan fingerprint density at radius 3 is 2.87 bits per heavy atom. The van der Waals surface area contributed by atoms with E-state index in [1.807, 2.05) is 12.1 Å². The van der Waals surface area contributed by atoms with E-state index < -0.39 is 0 Å². The van der Waals surface area contributed by atoms with E-state index in [2.05, 4.69) is 10.2 Å². The third kappa shape index (κ3) is 4.80. The zero-order chi connectivity index (χ0) is 15.9. The van der Waals surface area contributed by atoms with Crippen molar-refractivity contribution in [1.82, 2.24) is 10.2 Å². The van der Waals surface area contributed by atoms with Crippen LogP contribution in [0.5, 0.6) is 0 Å². The molecule has 23 heavy (non-hydrogen) atoms. The minimum Gasteiger partial charge on any atom is -0.468 e. The van der Waals surface area contributed by atoms with Crippen molar-refractivity contribution in [1.29, 1.82) is 0 Å². The summed E-state index contributed by atoms with van der Waals surface area (Å²) in [7, 11) is 0. The summed E-state index contributed by atoms with van der Waals surface area (Å²) in [5.41, 5.74) is 0. The molecule has 1 aromatic heterocycles. The Bertz CT molecular complexity index is 465. The molecule has 2 unspecified atom stereocenters. The summed E-state index contributed by atoms with van der Waals surface area (Å²) >= 11 is 0. The van der Waals surface area contributed by atoms with Gasteiger partial charge < -0.3 is 19.2 Å². The van der Waals surface area contributed by atoms with Crippen LogP contribution in [0.1, 0.15) is 37.5 Å². The number of carbonyl (C=O) groups excluding carboxylic acids is 1. The minimum absolute atomic E-state index is 0.0571. The van der Waals surface area contributed by atoms with Crippen LogP contribution < -0.4 is 5.32 Å². The molecule has 0 aliphatic carbocycles. The number of morpholine rings is 1. The molecule has 1 amide bonds. The van der Waals surface area contributed by atoms with Crippen LogP contribution in [0, 0.1) is 0 Å². The molecule has 128 valence electrons. The van der Waals surface area contributed by atoms with Crippen molar-refractivity contribution in [2.24, 2.45) is 0 Å². The Labute approximate surface area is 137 Å². The number of amides is 1. The topological polar surface area (TPSA) is 63.9 Å². The second-order valence-corrected chi connectivity index (χ2v) is 6.18. The molecule has 3 heterocycles. The van der Waals surface area contributed by atoms with Gasteiger partial charge in [0, 0.05) is 26.2 Å². The molecule has 6 heteroatoms. The van der Waals surface area contributed by atoms with Crippen LogP contribution in [-0.2, 0) is 14.3 Å². The molecule has 2 aliphatic rings. The van der Waals surface area contributed by atoms with E-state index in [1.54, 1.807) is 6.26 Å². The maximum absolute atomic E-state index is 12.2. The Balaban J connectivity index is 1.52. The lowest BCUT2D eigenvalue weighted by molar-refractivity contribution is -0.125. The summed E-state index contributed by atoms with van der Waals surface area (Å²) in [6.07, 6.45) is 5.46. The summed E-state index contributed by atoms with van der Waals surface area (Å²) in [6.45, 7) is 4.49. The summed E-state index contributed by atoms with van der Waals surface area (Å²) in [5, 5.41) is 3.05. The number of nitrogens with zero attached hydrogens (tertiary/aromatic N) is 1. The van der Waals surface area contributed by atoms with Crippen molar-refractivity contribution < 1.29 is 18.7 Å². The second-order valence-electron chi connectivity index (χ2n) is 6.18.